The average molecular weight is 271 g/mol. The van der Waals surface area contributed by atoms with Crippen LogP contribution in [0.3, 0.4) is 0 Å². The third kappa shape index (κ3) is 2.94. The molecule has 0 amide bonds. The molecule has 0 aliphatic heterocycles. The number of halogens is 2. The number of aliphatic hydroxyl groups excluding tert-OH is 1. The highest BCUT2D eigenvalue weighted by atomic mass is 35.5. The molecule has 0 aliphatic carbocycles. The van der Waals surface area contributed by atoms with Crippen molar-refractivity contribution in [3.63, 3.8) is 0 Å². The van der Waals surface area contributed by atoms with Gasteiger partial charge in [0.05, 0.1) is 6.61 Å². The minimum Gasteiger partial charge on any atom is -0.391 e. The Morgan fingerprint density at radius 3 is 2.88 bits per heavy atom. The van der Waals surface area contributed by atoms with E-state index in [0.717, 1.165) is 0 Å². The SMILES string of the molecule is OCc1c(Cl)ncnc1Sc1cccc(F)c1. The zero-order valence-electron chi connectivity index (χ0n) is 8.60. The second kappa shape index (κ2) is 5.44. The van der Waals surface area contributed by atoms with Gasteiger partial charge in [-0.15, -0.1) is 0 Å². The second-order valence-electron chi connectivity index (χ2n) is 3.17. The summed E-state index contributed by atoms with van der Waals surface area (Å²) in [4.78, 5) is 8.49. The molecule has 0 unspecified atom stereocenters. The molecule has 0 saturated heterocycles. The Bertz CT molecular complexity index is 539. The lowest BCUT2D eigenvalue weighted by molar-refractivity contribution is 0.277. The zero-order valence-corrected chi connectivity index (χ0v) is 10.2. The normalized spacial score (nSPS) is 10.5. The summed E-state index contributed by atoms with van der Waals surface area (Å²) in [6.45, 7) is -0.253. The van der Waals surface area contributed by atoms with Crippen LogP contribution in [0.5, 0.6) is 0 Å². The van der Waals surface area contributed by atoms with Gasteiger partial charge in [-0.05, 0) is 18.2 Å². The maximum absolute atomic E-state index is 13.0. The van der Waals surface area contributed by atoms with Gasteiger partial charge in [0.25, 0.3) is 0 Å². The number of rotatable bonds is 3. The first-order valence-corrected chi connectivity index (χ1v) is 5.94. The topological polar surface area (TPSA) is 46.0 Å². The number of aliphatic hydroxyl groups is 1. The summed E-state index contributed by atoms with van der Waals surface area (Å²) in [7, 11) is 0. The Balaban J connectivity index is 2.33. The summed E-state index contributed by atoms with van der Waals surface area (Å²) in [5, 5.41) is 9.92. The fourth-order valence-corrected chi connectivity index (χ4v) is 2.41. The van der Waals surface area contributed by atoms with Crippen molar-refractivity contribution in [2.75, 3.05) is 0 Å². The van der Waals surface area contributed by atoms with Gasteiger partial charge in [0.2, 0.25) is 0 Å². The van der Waals surface area contributed by atoms with Gasteiger partial charge in [0.15, 0.2) is 0 Å². The van der Waals surface area contributed by atoms with Crippen molar-refractivity contribution in [1.29, 1.82) is 0 Å². The lowest BCUT2D eigenvalue weighted by Crippen LogP contribution is -1.95. The summed E-state index contributed by atoms with van der Waals surface area (Å²) in [5.74, 6) is -0.319. The van der Waals surface area contributed by atoms with Crippen LogP contribution in [-0.4, -0.2) is 15.1 Å². The summed E-state index contributed by atoms with van der Waals surface area (Å²) in [6.07, 6.45) is 1.31. The molecule has 6 heteroatoms. The third-order valence-corrected chi connectivity index (χ3v) is 3.38. The Morgan fingerprint density at radius 1 is 1.35 bits per heavy atom. The van der Waals surface area contributed by atoms with Gasteiger partial charge in [-0.3, -0.25) is 0 Å². The molecule has 17 heavy (non-hydrogen) atoms. The molecule has 0 radical (unpaired) electrons. The van der Waals surface area contributed by atoms with Crippen LogP contribution in [0.25, 0.3) is 0 Å². The first-order chi connectivity index (χ1) is 8.20. The van der Waals surface area contributed by atoms with Crippen molar-refractivity contribution in [2.24, 2.45) is 0 Å². The van der Waals surface area contributed by atoms with Crippen LogP contribution in [0, 0.1) is 5.82 Å². The highest BCUT2D eigenvalue weighted by Crippen LogP contribution is 2.31. The van der Waals surface area contributed by atoms with Crippen LogP contribution < -0.4 is 0 Å². The van der Waals surface area contributed by atoms with Gasteiger partial charge in [-0.1, -0.05) is 29.4 Å². The fourth-order valence-electron chi connectivity index (χ4n) is 1.24. The number of aromatic nitrogens is 2. The van der Waals surface area contributed by atoms with Gasteiger partial charge >= 0.3 is 0 Å². The van der Waals surface area contributed by atoms with E-state index in [0.29, 0.717) is 15.5 Å². The Kier molecular flexibility index (Phi) is 3.93. The summed E-state index contributed by atoms with van der Waals surface area (Å²) < 4.78 is 13.0. The first kappa shape index (κ1) is 12.3. The Labute approximate surface area is 107 Å². The Morgan fingerprint density at radius 2 is 2.18 bits per heavy atom. The third-order valence-electron chi connectivity index (χ3n) is 2.02. The molecule has 0 atom stereocenters. The van der Waals surface area contributed by atoms with Crippen molar-refractivity contribution in [3.05, 3.63) is 47.1 Å². The predicted octanol–water partition coefficient (Wildman–Crippen LogP) is 2.91. The van der Waals surface area contributed by atoms with E-state index in [-0.39, 0.29) is 17.6 Å². The van der Waals surface area contributed by atoms with Crippen molar-refractivity contribution in [3.8, 4) is 0 Å². The fraction of sp³-hybridized carbons (Fsp3) is 0.0909. The predicted molar refractivity (Wildman–Crippen MR) is 63.5 cm³/mol. The molecule has 1 N–H and O–H groups in total. The van der Waals surface area contributed by atoms with Crippen LogP contribution in [-0.2, 0) is 6.61 Å². The maximum atomic E-state index is 13.0. The quantitative estimate of drug-likeness (QED) is 0.871. The van der Waals surface area contributed by atoms with Crippen LogP contribution in [0.15, 0.2) is 40.5 Å². The minimum atomic E-state index is -0.319. The molecule has 88 valence electrons. The van der Waals surface area contributed by atoms with Gasteiger partial charge in [0.1, 0.15) is 22.3 Å². The van der Waals surface area contributed by atoms with Crippen LogP contribution >= 0.6 is 23.4 Å². The van der Waals surface area contributed by atoms with E-state index in [2.05, 4.69) is 9.97 Å². The van der Waals surface area contributed by atoms with Crippen LogP contribution in [0.1, 0.15) is 5.56 Å². The standard InChI is InChI=1S/C11H8ClFN2OS/c12-10-9(5-16)11(15-6-14-10)17-8-3-1-2-7(13)4-8/h1-4,6,16H,5H2. The maximum Gasteiger partial charge on any atom is 0.139 e. The van der Waals surface area contributed by atoms with E-state index in [1.165, 1.54) is 30.2 Å². The second-order valence-corrected chi connectivity index (χ2v) is 4.59. The summed E-state index contributed by atoms with van der Waals surface area (Å²) >= 11 is 7.06. The van der Waals surface area contributed by atoms with E-state index in [1.54, 1.807) is 12.1 Å². The molecule has 0 fully saturated rings. The molecular formula is C11H8ClFN2OS. The number of hydrogen-bond acceptors (Lipinski definition) is 4. The highest BCUT2D eigenvalue weighted by molar-refractivity contribution is 7.99. The number of nitrogens with zero attached hydrogens (tertiary/aromatic N) is 2. The number of hydrogen-bond donors (Lipinski definition) is 1. The molecule has 2 aromatic rings. The highest BCUT2D eigenvalue weighted by Gasteiger charge is 2.10. The lowest BCUT2D eigenvalue weighted by Gasteiger charge is -2.06. The van der Waals surface area contributed by atoms with Crippen LogP contribution in [0.2, 0.25) is 5.15 Å². The molecule has 1 heterocycles. The smallest absolute Gasteiger partial charge is 0.139 e. The minimum absolute atomic E-state index is 0.210. The molecule has 0 saturated carbocycles. The van der Waals surface area contributed by atoms with E-state index in [4.69, 9.17) is 11.6 Å². The number of benzene rings is 1. The average Bonchev–Trinajstić information content (AvgIpc) is 2.29. The van der Waals surface area contributed by atoms with Crippen molar-refractivity contribution in [2.45, 2.75) is 16.5 Å². The molecule has 0 spiro atoms. The van der Waals surface area contributed by atoms with Gasteiger partial charge < -0.3 is 5.11 Å². The summed E-state index contributed by atoms with van der Waals surface area (Å²) in [6, 6.07) is 6.12. The lowest BCUT2D eigenvalue weighted by atomic mass is 10.3. The van der Waals surface area contributed by atoms with E-state index >= 15 is 0 Å². The monoisotopic (exact) mass is 270 g/mol. The molecule has 0 bridgehead atoms. The van der Waals surface area contributed by atoms with Gasteiger partial charge in [-0.2, -0.15) is 0 Å². The van der Waals surface area contributed by atoms with E-state index in [9.17, 15) is 9.50 Å². The first-order valence-electron chi connectivity index (χ1n) is 4.74. The summed E-state index contributed by atoms with van der Waals surface area (Å²) in [5.41, 5.74) is 0.448. The van der Waals surface area contributed by atoms with Crippen LogP contribution in [0.4, 0.5) is 4.39 Å². The largest absolute Gasteiger partial charge is 0.391 e. The molecule has 1 aromatic carbocycles. The van der Waals surface area contributed by atoms with Gasteiger partial charge in [0, 0.05) is 10.5 Å². The zero-order chi connectivity index (χ0) is 12.3. The molecule has 3 nitrogen and oxygen atoms in total. The van der Waals surface area contributed by atoms with Crippen molar-refractivity contribution >= 4 is 23.4 Å². The van der Waals surface area contributed by atoms with Crippen molar-refractivity contribution < 1.29 is 9.50 Å². The molecule has 2 rings (SSSR count). The van der Waals surface area contributed by atoms with Gasteiger partial charge in [-0.25, -0.2) is 14.4 Å². The van der Waals surface area contributed by atoms with E-state index < -0.39 is 0 Å². The van der Waals surface area contributed by atoms with E-state index in [1.807, 2.05) is 0 Å². The molecular weight excluding hydrogens is 263 g/mol. The Hall–Kier alpha value is -1.17. The van der Waals surface area contributed by atoms with Crippen molar-refractivity contribution in [1.82, 2.24) is 9.97 Å². The molecule has 1 aromatic heterocycles. The molecule has 0 aliphatic rings.